The van der Waals surface area contributed by atoms with Gasteiger partial charge in [-0.05, 0) is 83.0 Å². The number of carbonyl (C=O) groups is 1. The lowest BCUT2D eigenvalue weighted by Gasteiger charge is -2.43. The number of hydrogen-bond donors (Lipinski definition) is 1. The lowest BCUT2D eigenvalue weighted by atomic mass is 9.74. The molecule has 0 aromatic heterocycles. The average molecular weight is 398 g/mol. The Morgan fingerprint density at radius 1 is 1.21 bits per heavy atom. The molecular weight excluding hydrogens is 362 g/mol. The Morgan fingerprint density at radius 2 is 1.93 bits per heavy atom. The van der Waals surface area contributed by atoms with Crippen LogP contribution < -0.4 is 5.32 Å². The molecule has 4 heterocycles. The number of likely N-dealkylation sites (tertiary alicyclic amines) is 1. The van der Waals surface area contributed by atoms with Crippen LogP contribution in [0.4, 0.5) is 10.5 Å². The van der Waals surface area contributed by atoms with E-state index in [1.807, 2.05) is 6.92 Å². The maximum absolute atomic E-state index is 12.3. The fourth-order valence-electron chi connectivity index (χ4n) is 6.52. The second-order valence-electron chi connectivity index (χ2n) is 9.81. The molecule has 3 saturated heterocycles. The van der Waals surface area contributed by atoms with Gasteiger partial charge in [0.2, 0.25) is 0 Å². The van der Waals surface area contributed by atoms with Crippen LogP contribution in [0.2, 0.25) is 0 Å². The largest absolute Gasteiger partial charge is 0.450 e. The van der Waals surface area contributed by atoms with E-state index in [9.17, 15) is 4.79 Å². The molecule has 1 amide bonds. The Kier molecular flexibility index (Phi) is 4.97. The highest BCUT2D eigenvalue weighted by molar-refractivity contribution is 5.69. The molecule has 4 aliphatic rings. The number of nitrogens with one attached hydrogen (secondary N) is 1. The van der Waals surface area contributed by atoms with Crippen molar-refractivity contribution in [1.29, 1.82) is 0 Å². The molecule has 2 atom stereocenters. The van der Waals surface area contributed by atoms with Gasteiger partial charge in [-0.2, -0.15) is 0 Å². The SMILES string of the molecule is CCOC(=O)N1C2CCC1CC(CN1CCC3(CC1)CNc1ccc(C)cc13)C2. The number of nitrogens with zero attached hydrogens (tertiary/aromatic N) is 2. The number of carbonyl (C=O) groups excluding carboxylic acids is 1. The van der Waals surface area contributed by atoms with E-state index in [0.29, 0.717) is 24.1 Å². The molecule has 0 aliphatic carbocycles. The molecule has 5 rings (SSSR count). The molecule has 2 bridgehead atoms. The molecule has 5 nitrogen and oxygen atoms in total. The summed E-state index contributed by atoms with van der Waals surface area (Å²) >= 11 is 0. The van der Waals surface area contributed by atoms with Crippen molar-refractivity contribution in [2.24, 2.45) is 5.92 Å². The van der Waals surface area contributed by atoms with Crippen molar-refractivity contribution in [2.75, 3.05) is 38.1 Å². The van der Waals surface area contributed by atoms with E-state index >= 15 is 0 Å². The smallest absolute Gasteiger partial charge is 0.410 e. The first-order chi connectivity index (χ1) is 14.1. The van der Waals surface area contributed by atoms with E-state index in [2.05, 4.69) is 40.2 Å². The second kappa shape index (κ2) is 7.50. The number of benzene rings is 1. The van der Waals surface area contributed by atoms with Crippen molar-refractivity contribution in [2.45, 2.75) is 69.9 Å². The quantitative estimate of drug-likeness (QED) is 0.832. The maximum atomic E-state index is 12.3. The lowest BCUT2D eigenvalue weighted by Crippen LogP contribution is -2.50. The van der Waals surface area contributed by atoms with Gasteiger partial charge in [-0.25, -0.2) is 4.79 Å². The Morgan fingerprint density at radius 3 is 2.62 bits per heavy atom. The summed E-state index contributed by atoms with van der Waals surface area (Å²) in [4.78, 5) is 17.1. The fraction of sp³-hybridized carbons (Fsp3) is 0.708. The molecule has 0 saturated carbocycles. The number of hydrogen-bond acceptors (Lipinski definition) is 4. The molecule has 5 heteroatoms. The number of amides is 1. The number of rotatable bonds is 3. The predicted molar refractivity (Wildman–Crippen MR) is 115 cm³/mol. The Bertz CT molecular complexity index is 757. The van der Waals surface area contributed by atoms with Gasteiger partial charge in [0.05, 0.1) is 6.61 Å². The van der Waals surface area contributed by atoms with Gasteiger partial charge in [0.15, 0.2) is 0 Å². The summed E-state index contributed by atoms with van der Waals surface area (Å²) in [5, 5.41) is 3.66. The van der Waals surface area contributed by atoms with Crippen LogP contribution in [0.1, 0.15) is 56.6 Å². The van der Waals surface area contributed by atoms with Crippen LogP contribution in [0.3, 0.4) is 0 Å². The Hall–Kier alpha value is -1.75. The molecule has 29 heavy (non-hydrogen) atoms. The van der Waals surface area contributed by atoms with Crippen molar-refractivity contribution < 1.29 is 9.53 Å². The minimum absolute atomic E-state index is 0.0824. The molecule has 3 fully saturated rings. The number of aryl methyl sites for hydroxylation is 1. The van der Waals surface area contributed by atoms with E-state index in [4.69, 9.17) is 4.74 Å². The maximum Gasteiger partial charge on any atom is 0.410 e. The molecule has 158 valence electrons. The number of ether oxygens (including phenoxy) is 1. The third-order valence-electron chi connectivity index (χ3n) is 8.00. The summed E-state index contributed by atoms with van der Waals surface area (Å²) in [6.07, 6.45) is 7.05. The van der Waals surface area contributed by atoms with Crippen LogP contribution in [0.25, 0.3) is 0 Å². The van der Waals surface area contributed by atoms with Gasteiger partial charge >= 0.3 is 6.09 Å². The van der Waals surface area contributed by atoms with Gasteiger partial charge in [-0.1, -0.05) is 17.7 Å². The topological polar surface area (TPSA) is 44.8 Å². The molecule has 1 N–H and O–H groups in total. The van der Waals surface area contributed by atoms with Crippen molar-refractivity contribution in [3.05, 3.63) is 29.3 Å². The van der Waals surface area contributed by atoms with Crippen molar-refractivity contribution in [3.8, 4) is 0 Å². The first-order valence-electron chi connectivity index (χ1n) is 11.6. The van der Waals surface area contributed by atoms with Crippen LogP contribution in [0.15, 0.2) is 18.2 Å². The van der Waals surface area contributed by atoms with Crippen LogP contribution >= 0.6 is 0 Å². The summed E-state index contributed by atoms with van der Waals surface area (Å²) in [6.45, 7) is 9.28. The summed E-state index contributed by atoms with van der Waals surface area (Å²) in [5.74, 6) is 0.725. The molecule has 1 aromatic rings. The van der Waals surface area contributed by atoms with Crippen LogP contribution in [-0.2, 0) is 10.2 Å². The molecular formula is C24H35N3O2. The average Bonchev–Trinajstić information content (AvgIpc) is 3.19. The van der Waals surface area contributed by atoms with Gasteiger partial charge in [0.25, 0.3) is 0 Å². The predicted octanol–water partition coefficient (Wildman–Crippen LogP) is 4.15. The fourth-order valence-corrected chi connectivity index (χ4v) is 6.52. The van der Waals surface area contributed by atoms with Crippen molar-refractivity contribution >= 4 is 11.8 Å². The normalized spacial score (nSPS) is 30.3. The summed E-state index contributed by atoms with van der Waals surface area (Å²) in [5.41, 5.74) is 4.62. The monoisotopic (exact) mass is 397 g/mol. The molecule has 0 radical (unpaired) electrons. The number of piperidine rings is 2. The molecule has 1 spiro atoms. The van der Waals surface area contributed by atoms with E-state index < -0.39 is 0 Å². The van der Waals surface area contributed by atoms with Gasteiger partial charge < -0.3 is 19.9 Å². The standard InChI is InChI=1S/C24H35N3O2/c1-3-29-23(28)27-19-5-6-20(27)14-18(13-19)15-26-10-8-24(9-11-26)16-25-22-7-4-17(2)12-21(22)24/h4,7,12,18-20,25H,3,5-6,8-11,13-16H2,1-2H3. The van der Waals surface area contributed by atoms with E-state index in [1.165, 1.54) is 43.7 Å². The summed E-state index contributed by atoms with van der Waals surface area (Å²) in [6, 6.07) is 7.70. The highest BCUT2D eigenvalue weighted by Crippen LogP contribution is 2.45. The van der Waals surface area contributed by atoms with E-state index in [1.54, 1.807) is 5.56 Å². The van der Waals surface area contributed by atoms with Gasteiger partial charge in [0.1, 0.15) is 0 Å². The van der Waals surface area contributed by atoms with Crippen LogP contribution in [0, 0.1) is 12.8 Å². The molecule has 1 aromatic carbocycles. The minimum Gasteiger partial charge on any atom is -0.450 e. The third kappa shape index (κ3) is 3.41. The highest BCUT2D eigenvalue weighted by atomic mass is 16.6. The van der Waals surface area contributed by atoms with Crippen LogP contribution in [0.5, 0.6) is 0 Å². The first kappa shape index (κ1) is 19.2. The molecule has 2 unspecified atom stereocenters. The van der Waals surface area contributed by atoms with Crippen LogP contribution in [-0.4, -0.2) is 60.8 Å². The number of fused-ring (bicyclic) bond motifs is 4. The molecule has 4 aliphatic heterocycles. The van der Waals surface area contributed by atoms with Crippen molar-refractivity contribution in [3.63, 3.8) is 0 Å². The van der Waals surface area contributed by atoms with Gasteiger partial charge in [-0.15, -0.1) is 0 Å². The van der Waals surface area contributed by atoms with Gasteiger partial charge in [0, 0.05) is 36.3 Å². The number of anilines is 1. The first-order valence-corrected chi connectivity index (χ1v) is 11.6. The zero-order valence-electron chi connectivity index (χ0n) is 18.0. The van der Waals surface area contributed by atoms with E-state index in [-0.39, 0.29) is 6.09 Å². The minimum atomic E-state index is -0.0824. The Labute approximate surface area is 174 Å². The summed E-state index contributed by atoms with van der Waals surface area (Å²) < 4.78 is 5.31. The third-order valence-corrected chi connectivity index (χ3v) is 8.00. The van der Waals surface area contributed by atoms with E-state index in [0.717, 1.165) is 38.1 Å². The Balaban J connectivity index is 1.18. The lowest BCUT2D eigenvalue weighted by molar-refractivity contribution is 0.0486. The highest BCUT2D eigenvalue weighted by Gasteiger charge is 2.45. The van der Waals surface area contributed by atoms with Crippen molar-refractivity contribution in [1.82, 2.24) is 9.80 Å². The van der Waals surface area contributed by atoms with Gasteiger partial charge in [-0.3, -0.25) is 0 Å². The summed E-state index contributed by atoms with van der Waals surface area (Å²) in [7, 11) is 0. The zero-order valence-corrected chi connectivity index (χ0v) is 18.0. The second-order valence-corrected chi connectivity index (χ2v) is 9.81. The zero-order chi connectivity index (χ0) is 20.0.